The molecule has 2 nitrogen and oxygen atoms in total. The molecule has 0 spiro atoms. The monoisotopic (exact) mass is 933 g/mol. The van der Waals surface area contributed by atoms with Gasteiger partial charge >= 0.3 is 0 Å². The van der Waals surface area contributed by atoms with Crippen molar-refractivity contribution < 1.29 is 0 Å². The van der Waals surface area contributed by atoms with E-state index in [1.54, 1.807) is 0 Å². The van der Waals surface area contributed by atoms with Crippen LogP contribution in [0.25, 0.3) is 54.6 Å². The van der Waals surface area contributed by atoms with Gasteiger partial charge in [-0.25, -0.2) is 0 Å². The molecule has 0 heterocycles. The van der Waals surface area contributed by atoms with E-state index in [-0.39, 0.29) is 16.3 Å². The molecule has 0 saturated heterocycles. The van der Waals surface area contributed by atoms with Crippen LogP contribution >= 0.6 is 0 Å². The van der Waals surface area contributed by atoms with Gasteiger partial charge in [-0.15, -0.1) is 0 Å². The molecule has 0 unspecified atom stereocenters. The van der Waals surface area contributed by atoms with Crippen LogP contribution in [0.1, 0.15) is 48.6 Å². The molecular weight excluding hydrogens is 869 g/mol. The highest BCUT2D eigenvalue weighted by Crippen LogP contribution is 2.53. The Balaban J connectivity index is 1.38. The lowest BCUT2D eigenvalue weighted by Crippen LogP contribution is -2.37. The van der Waals surface area contributed by atoms with Crippen LogP contribution in [0.4, 0.5) is 34.1 Å². The number of benzene rings is 10. The molecule has 10 aromatic carbocycles. The van der Waals surface area contributed by atoms with Crippen LogP contribution in [0.5, 0.6) is 0 Å². The second-order valence-corrected chi connectivity index (χ2v) is 28.7. The lowest BCUT2D eigenvalue weighted by atomic mass is 9.83. The van der Waals surface area contributed by atoms with Crippen LogP contribution in [0, 0.1) is 27.7 Å². The van der Waals surface area contributed by atoms with Crippen LogP contribution in [0.3, 0.4) is 0 Å². The first-order chi connectivity index (χ1) is 33.0. The van der Waals surface area contributed by atoms with Crippen LogP contribution < -0.4 is 15.0 Å². The van der Waals surface area contributed by atoms with Gasteiger partial charge in [-0.2, -0.15) is 0 Å². The van der Waals surface area contributed by atoms with Crippen molar-refractivity contribution in [3.05, 3.63) is 204 Å². The van der Waals surface area contributed by atoms with E-state index in [2.05, 4.69) is 266 Å². The fourth-order valence-corrected chi connectivity index (χ4v) is 12.3. The molecule has 0 N–H and O–H groups in total. The maximum Gasteiger partial charge on any atom is 0.154 e. The molecule has 0 aliphatic heterocycles. The Hall–Kier alpha value is -6.59. The van der Waals surface area contributed by atoms with Crippen molar-refractivity contribution >= 4 is 90.6 Å². The van der Waals surface area contributed by atoms with E-state index in [0.29, 0.717) is 0 Å². The normalized spacial score (nSPS) is 12.2. The van der Waals surface area contributed by atoms with E-state index in [1.165, 1.54) is 115 Å². The number of nitrogens with zero attached hydrogens (tertiary/aromatic N) is 2. The predicted molar refractivity (Wildman–Crippen MR) is 308 cm³/mol. The van der Waals surface area contributed by atoms with Crippen molar-refractivity contribution in [2.75, 3.05) is 22.3 Å². The molecule has 344 valence electrons. The van der Waals surface area contributed by atoms with Crippen molar-refractivity contribution in [3.63, 3.8) is 0 Å². The van der Waals surface area contributed by atoms with Gasteiger partial charge in [0.25, 0.3) is 0 Å². The summed E-state index contributed by atoms with van der Waals surface area (Å²) in [5, 5.41) is 9.07. The van der Waals surface area contributed by atoms with Crippen molar-refractivity contribution in [2.24, 2.45) is 0 Å². The maximum atomic E-state index is 2.60. The second kappa shape index (κ2) is 17.7. The van der Waals surface area contributed by atoms with Gasteiger partial charge in [-0.05, 0) is 142 Å². The van der Waals surface area contributed by atoms with E-state index in [4.69, 9.17) is 0 Å². The Labute approximate surface area is 415 Å². The van der Waals surface area contributed by atoms with Gasteiger partial charge in [0.15, 0.2) is 4.90 Å². The van der Waals surface area contributed by atoms with E-state index < -0.39 is 8.07 Å². The number of rotatable bonds is 10. The van der Waals surface area contributed by atoms with E-state index in [0.717, 1.165) is 11.4 Å². The standard InChI is InChI=1S/C65H65N2SSi/c1-42-23-25-48(46-19-15-13-16-20-46)39-59(42)66(57-33-29-53(68(8)9)35-44(57)3)61-41-62(56-32-28-51-38-52(65(5,6)7)37-50-27-31-55(61)64(56)63(50)51)67(58-34-30-54(36-45(58)4)69(10,11)12)60-40-49(26-24-43(60)2)47-21-17-14-18-22-47/h13-41H,1-12H3/q+1. The highest BCUT2D eigenvalue weighted by molar-refractivity contribution is 7.95. The molecule has 0 bridgehead atoms. The van der Waals surface area contributed by atoms with Crippen molar-refractivity contribution in [1.82, 2.24) is 0 Å². The zero-order chi connectivity index (χ0) is 48.5. The minimum Gasteiger partial charge on any atom is -0.309 e. The molecule has 10 rings (SSSR count). The summed E-state index contributed by atoms with van der Waals surface area (Å²) in [4.78, 5) is 6.56. The minimum atomic E-state index is -1.63. The molecule has 0 amide bonds. The summed E-state index contributed by atoms with van der Waals surface area (Å²) in [5.74, 6) is 0. The van der Waals surface area contributed by atoms with Crippen molar-refractivity contribution in [2.45, 2.75) is 78.4 Å². The Kier molecular flexibility index (Phi) is 11.9. The number of aryl methyl sites for hydroxylation is 4. The second-order valence-electron chi connectivity index (χ2n) is 21.5. The molecule has 0 aromatic heterocycles. The summed E-state index contributed by atoms with van der Waals surface area (Å²) in [6.45, 7) is 23.5. The lowest BCUT2D eigenvalue weighted by molar-refractivity contribution is 0.591. The minimum absolute atomic E-state index is 0.00316. The molecule has 0 atom stereocenters. The Morgan fingerprint density at radius 1 is 0.391 bits per heavy atom. The molecule has 10 aromatic rings. The van der Waals surface area contributed by atoms with Gasteiger partial charge in [0.2, 0.25) is 0 Å². The highest BCUT2D eigenvalue weighted by Gasteiger charge is 2.29. The van der Waals surface area contributed by atoms with Gasteiger partial charge in [-0.1, -0.05) is 179 Å². The molecule has 0 aliphatic carbocycles. The largest absolute Gasteiger partial charge is 0.309 e. The summed E-state index contributed by atoms with van der Waals surface area (Å²) < 4.78 is 0. The molecule has 0 aliphatic rings. The van der Waals surface area contributed by atoms with Crippen LogP contribution in [-0.4, -0.2) is 20.6 Å². The summed E-state index contributed by atoms with van der Waals surface area (Å²) >= 11 is 0. The van der Waals surface area contributed by atoms with E-state index in [1.807, 2.05) is 0 Å². The molecule has 0 saturated carbocycles. The number of hydrogen-bond donors (Lipinski definition) is 0. The highest BCUT2D eigenvalue weighted by atomic mass is 32.2. The first kappa shape index (κ1) is 46.2. The maximum absolute atomic E-state index is 2.60. The van der Waals surface area contributed by atoms with Gasteiger partial charge < -0.3 is 9.80 Å². The Morgan fingerprint density at radius 3 is 1.30 bits per heavy atom. The summed E-state index contributed by atoms with van der Waals surface area (Å²) in [6, 6.07) is 67.1. The van der Waals surface area contributed by atoms with Crippen LogP contribution in [0.15, 0.2) is 181 Å². The Morgan fingerprint density at radius 2 is 0.870 bits per heavy atom. The molecule has 4 heteroatoms. The molecule has 69 heavy (non-hydrogen) atoms. The quantitative estimate of drug-likeness (QED) is 0.0766. The molecular formula is C65H65N2SSi+. The van der Waals surface area contributed by atoms with Gasteiger partial charge in [0.1, 0.15) is 12.5 Å². The third-order valence-corrected chi connectivity index (χ3v) is 17.6. The lowest BCUT2D eigenvalue weighted by Gasteiger charge is -2.35. The summed E-state index contributed by atoms with van der Waals surface area (Å²) in [5.41, 5.74) is 18.1. The zero-order valence-electron chi connectivity index (χ0n) is 42.5. The van der Waals surface area contributed by atoms with Gasteiger partial charge in [-0.3, -0.25) is 0 Å². The average Bonchev–Trinajstić information content (AvgIpc) is 3.33. The summed E-state index contributed by atoms with van der Waals surface area (Å²) in [7, 11) is -1.51. The average molecular weight is 934 g/mol. The third-order valence-electron chi connectivity index (χ3n) is 14.3. The first-order valence-electron chi connectivity index (χ1n) is 24.4. The number of hydrogen-bond acceptors (Lipinski definition) is 2. The zero-order valence-corrected chi connectivity index (χ0v) is 44.4. The fraction of sp³-hybridized carbons (Fsp3) is 0.200. The smallest absolute Gasteiger partial charge is 0.154 e. The summed E-state index contributed by atoms with van der Waals surface area (Å²) in [6.07, 6.45) is 4.64. The van der Waals surface area contributed by atoms with Crippen LogP contribution in [-0.2, 0) is 16.3 Å². The predicted octanol–water partition coefficient (Wildman–Crippen LogP) is 18.2. The molecule has 0 radical (unpaired) electrons. The topological polar surface area (TPSA) is 6.48 Å². The SMILES string of the molecule is Cc1cc([S+](C)C)ccc1N(c1cc(-c2ccccc2)ccc1C)c1cc(N(c2ccc([Si](C)(C)C)cc2C)c2cc(-c3ccccc3)ccc2C)c2ccc3cc(C(C)(C)C)cc4ccc1c2c43. The molecule has 0 fully saturated rings. The van der Waals surface area contributed by atoms with Gasteiger partial charge in [0.05, 0.1) is 19.4 Å². The fourth-order valence-electron chi connectivity index (χ4n) is 10.3. The third kappa shape index (κ3) is 8.53. The Bertz CT molecular complexity index is 3520. The van der Waals surface area contributed by atoms with Crippen LogP contribution in [0.2, 0.25) is 19.6 Å². The van der Waals surface area contributed by atoms with E-state index in [9.17, 15) is 0 Å². The first-order valence-corrected chi connectivity index (χ1v) is 30.0. The van der Waals surface area contributed by atoms with Crippen molar-refractivity contribution in [1.29, 1.82) is 0 Å². The number of anilines is 6. The van der Waals surface area contributed by atoms with Gasteiger partial charge in [0, 0.05) is 49.8 Å². The van der Waals surface area contributed by atoms with E-state index >= 15 is 0 Å². The van der Waals surface area contributed by atoms with Crippen molar-refractivity contribution in [3.8, 4) is 22.3 Å².